The van der Waals surface area contributed by atoms with Crippen molar-refractivity contribution in [2.75, 3.05) is 28.6 Å². The Hall–Kier alpha value is -4.52. The molecule has 2 aromatic carbocycles. The number of carbonyl (C=O) groups excluding carboxylic acids is 2. The maximum atomic E-state index is 12.4. The average Bonchev–Trinajstić information content (AvgIpc) is 3.36. The Morgan fingerprint density at radius 2 is 1.83 bits per heavy atom. The van der Waals surface area contributed by atoms with Gasteiger partial charge in [-0.1, -0.05) is 18.2 Å². The molecule has 0 bridgehead atoms. The van der Waals surface area contributed by atoms with Crippen LogP contribution in [-0.2, 0) is 9.59 Å². The number of nitrogens with zero attached hydrogens (tertiary/aromatic N) is 5. The number of carbonyl (C=O) groups is 2. The highest BCUT2D eigenvalue weighted by Gasteiger charge is 2.27. The van der Waals surface area contributed by atoms with Crippen molar-refractivity contribution in [3.05, 3.63) is 66.0 Å². The number of piperidine rings is 1. The number of aromatic nitrogens is 3. The van der Waals surface area contributed by atoms with Crippen LogP contribution in [0.1, 0.15) is 42.7 Å². The lowest BCUT2D eigenvalue weighted by molar-refractivity contribution is -0.122. The fourth-order valence-corrected chi connectivity index (χ4v) is 4.59. The molecule has 2 saturated heterocycles. The van der Waals surface area contributed by atoms with E-state index >= 15 is 0 Å². The molecule has 0 spiro atoms. The van der Waals surface area contributed by atoms with E-state index in [4.69, 9.17) is 5.26 Å². The molecular formula is C26H26N8O2. The van der Waals surface area contributed by atoms with Gasteiger partial charge in [-0.3, -0.25) is 9.59 Å². The summed E-state index contributed by atoms with van der Waals surface area (Å²) in [6.45, 7) is 1.65. The van der Waals surface area contributed by atoms with Gasteiger partial charge in [-0.2, -0.15) is 10.2 Å². The Balaban J connectivity index is 1.19. The Morgan fingerprint density at radius 3 is 2.56 bits per heavy atom. The smallest absolute Gasteiger partial charge is 0.246 e. The summed E-state index contributed by atoms with van der Waals surface area (Å²) in [5.74, 6) is 1.15. The number of nitrogens with one attached hydrogen (secondary N) is 3. The molecule has 3 heterocycles. The number of hydrogen-bond acceptors (Lipinski definition) is 8. The van der Waals surface area contributed by atoms with Gasteiger partial charge in [0.05, 0.1) is 11.6 Å². The minimum atomic E-state index is -0.499. The van der Waals surface area contributed by atoms with Crippen LogP contribution in [0.3, 0.4) is 0 Å². The molecular weight excluding hydrogens is 456 g/mol. The van der Waals surface area contributed by atoms with Crippen LogP contribution in [0.5, 0.6) is 0 Å². The summed E-state index contributed by atoms with van der Waals surface area (Å²) in [5.41, 5.74) is 3.27. The highest BCUT2D eigenvalue weighted by atomic mass is 16.2. The fraction of sp³-hybridized carbons (Fsp3) is 0.308. The standard InChI is InChI=1S/C26H26N8O2/c27-15-17-4-6-18(7-5-17)19-10-12-34(13-11-19)26-29-16-28-25(33-26)31-21-3-1-2-20(14-21)30-24(36)22-8-9-23(35)32-22/h1-7,14,16,19,22H,8-13H2,(H,30,36)(H,32,35)(H,28,29,31,33)/t22-/m1/s1. The van der Waals surface area contributed by atoms with Crippen molar-refractivity contribution in [1.29, 1.82) is 5.26 Å². The molecule has 0 unspecified atom stereocenters. The van der Waals surface area contributed by atoms with Gasteiger partial charge in [0.25, 0.3) is 0 Å². The van der Waals surface area contributed by atoms with Gasteiger partial charge in [0.1, 0.15) is 12.4 Å². The summed E-state index contributed by atoms with van der Waals surface area (Å²) >= 11 is 0. The third-order valence-electron chi connectivity index (χ3n) is 6.55. The van der Waals surface area contributed by atoms with Crippen molar-refractivity contribution in [2.45, 2.75) is 37.6 Å². The lowest BCUT2D eigenvalue weighted by atomic mass is 9.89. The first-order valence-corrected chi connectivity index (χ1v) is 12.0. The van der Waals surface area contributed by atoms with Gasteiger partial charge < -0.3 is 20.9 Å². The Labute approximate surface area is 208 Å². The molecule has 2 aliphatic heterocycles. The molecule has 0 saturated carbocycles. The Kier molecular flexibility index (Phi) is 6.71. The zero-order valence-electron chi connectivity index (χ0n) is 19.6. The molecule has 5 rings (SSSR count). The summed E-state index contributed by atoms with van der Waals surface area (Å²) in [4.78, 5) is 39.1. The van der Waals surface area contributed by atoms with Crippen LogP contribution in [-0.4, -0.2) is 45.9 Å². The lowest BCUT2D eigenvalue weighted by Gasteiger charge is -2.32. The molecule has 10 heteroatoms. The summed E-state index contributed by atoms with van der Waals surface area (Å²) in [7, 11) is 0. The molecule has 36 heavy (non-hydrogen) atoms. The van der Waals surface area contributed by atoms with Gasteiger partial charge in [0.2, 0.25) is 23.7 Å². The monoisotopic (exact) mass is 482 g/mol. The Bertz CT molecular complexity index is 1300. The van der Waals surface area contributed by atoms with Crippen LogP contribution in [0.2, 0.25) is 0 Å². The number of benzene rings is 2. The molecule has 1 aromatic heterocycles. The summed E-state index contributed by atoms with van der Waals surface area (Å²) in [6.07, 6.45) is 4.31. The minimum Gasteiger partial charge on any atom is -0.344 e. The van der Waals surface area contributed by atoms with Crippen LogP contribution < -0.4 is 20.9 Å². The second-order valence-corrected chi connectivity index (χ2v) is 8.96. The van der Waals surface area contributed by atoms with Crippen molar-refractivity contribution in [1.82, 2.24) is 20.3 Å². The van der Waals surface area contributed by atoms with Crippen LogP contribution in [0, 0.1) is 11.3 Å². The third-order valence-corrected chi connectivity index (χ3v) is 6.55. The highest BCUT2D eigenvalue weighted by Crippen LogP contribution is 2.30. The maximum Gasteiger partial charge on any atom is 0.246 e. The number of nitriles is 1. The number of hydrogen-bond donors (Lipinski definition) is 3. The van der Waals surface area contributed by atoms with Gasteiger partial charge in [-0.25, -0.2) is 9.97 Å². The molecule has 10 nitrogen and oxygen atoms in total. The zero-order chi connectivity index (χ0) is 24.9. The largest absolute Gasteiger partial charge is 0.344 e. The number of rotatable bonds is 6. The van der Waals surface area contributed by atoms with E-state index in [9.17, 15) is 9.59 Å². The molecule has 3 N–H and O–H groups in total. The van der Waals surface area contributed by atoms with Gasteiger partial charge in [-0.05, 0) is 61.1 Å². The SMILES string of the molecule is N#Cc1ccc(C2CCN(c3ncnc(Nc4cccc(NC(=O)[C@H]5CCC(=O)N5)c4)n3)CC2)cc1. The summed E-state index contributed by atoms with van der Waals surface area (Å²) in [5, 5.41) is 17.7. The van der Waals surface area contributed by atoms with Crippen LogP contribution >= 0.6 is 0 Å². The summed E-state index contributed by atoms with van der Waals surface area (Å²) in [6, 6.07) is 16.8. The zero-order valence-corrected chi connectivity index (χ0v) is 19.6. The predicted octanol–water partition coefficient (Wildman–Crippen LogP) is 3.09. The van der Waals surface area contributed by atoms with Gasteiger partial charge in [-0.15, -0.1) is 0 Å². The fourth-order valence-electron chi connectivity index (χ4n) is 4.59. The van der Waals surface area contributed by atoms with Crippen LogP contribution in [0.15, 0.2) is 54.9 Å². The quantitative estimate of drug-likeness (QED) is 0.488. The highest BCUT2D eigenvalue weighted by molar-refractivity contribution is 5.99. The van der Waals surface area contributed by atoms with Crippen molar-refractivity contribution >= 4 is 35.1 Å². The van der Waals surface area contributed by atoms with Crippen LogP contribution in [0.25, 0.3) is 0 Å². The molecule has 2 amide bonds. The van der Waals surface area contributed by atoms with Crippen molar-refractivity contribution in [2.24, 2.45) is 0 Å². The van der Waals surface area contributed by atoms with Crippen molar-refractivity contribution in [3.8, 4) is 6.07 Å². The summed E-state index contributed by atoms with van der Waals surface area (Å²) < 4.78 is 0. The van der Waals surface area contributed by atoms with Gasteiger partial charge >= 0.3 is 0 Å². The first kappa shape index (κ1) is 23.2. The minimum absolute atomic E-state index is 0.102. The van der Waals surface area contributed by atoms with Gasteiger partial charge in [0, 0.05) is 30.9 Å². The first-order valence-electron chi connectivity index (χ1n) is 12.0. The van der Waals surface area contributed by atoms with E-state index in [1.54, 1.807) is 12.1 Å². The molecule has 1 atom stereocenters. The van der Waals surface area contributed by atoms with E-state index < -0.39 is 6.04 Å². The predicted molar refractivity (Wildman–Crippen MR) is 135 cm³/mol. The van der Waals surface area contributed by atoms with E-state index in [0.717, 1.165) is 31.6 Å². The van der Waals surface area contributed by atoms with E-state index in [1.807, 2.05) is 36.4 Å². The van der Waals surface area contributed by atoms with Crippen molar-refractivity contribution < 1.29 is 9.59 Å². The van der Waals surface area contributed by atoms with Crippen molar-refractivity contribution in [3.63, 3.8) is 0 Å². The van der Waals surface area contributed by atoms with E-state index in [1.165, 1.54) is 11.9 Å². The Morgan fingerprint density at radius 1 is 1.06 bits per heavy atom. The molecule has 3 aromatic rings. The van der Waals surface area contributed by atoms with E-state index in [-0.39, 0.29) is 11.8 Å². The van der Waals surface area contributed by atoms with Gasteiger partial charge in [0.15, 0.2) is 0 Å². The normalized spacial score (nSPS) is 17.8. The number of amides is 2. The molecule has 182 valence electrons. The topological polar surface area (TPSA) is 136 Å². The van der Waals surface area contributed by atoms with E-state index in [2.05, 4.69) is 41.9 Å². The average molecular weight is 483 g/mol. The first-order chi connectivity index (χ1) is 17.6. The molecule has 2 fully saturated rings. The second-order valence-electron chi connectivity index (χ2n) is 8.96. The molecule has 0 aliphatic carbocycles. The molecule has 2 aliphatic rings. The third kappa shape index (κ3) is 5.41. The second kappa shape index (κ2) is 10.4. The van der Waals surface area contributed by atoms with Crippen LogP contribution in [0.4, 0.5) is 23.3 Å². The molecule has 0 radical (unpaired) electrons. The number of anilines is 4. The lowest BCUT2D eigenvalue weighted by Crippen LogP contribution is -2.37. The van der Waals surface area contributed by atoms with E-state index in [0.29, 0.717) is 41.9 Å². The maximum absolute atomic E-state index is 12.4.